The third kappa shape index (κ3) is 5.09. The average molecular weight is 404 g/mol. The van der Waals surface area contributed by atoms with Gasteiger partial charge in [0.25, 0.3) is 5.56 Å². The maximum absolute atomic E-state index is 12.6. The van der Waals surface area contributed by atoms with Crippen molar-refractivity contribution in [3.63, 3.8) is 0 Å². The Morgan fingerprint density at radius 2 is 1.93 bits per heavy atom. The van der Waals surface area contributed by atoms with Crippen LogP contribution in [0.25, 0.3) is 10.2 Å². The molecule has 27 heavy (non-hydrogen) atoms. The molecule has 142 valence electrons. The molecular weight excluding hydrogens is 382 g/mol. The molecule has 1 unspecified atom stereocenters. The molecule has 0 saturated heterocycles. The molecule has 0 aromatic carbocycles. The van der Waals surface area contributed by atoms with Crippen LogP contribution in [0.2, 0.25) is 0 Å². The summed E-state index contributed by atoms with van der Waals surface area (Å²) in [7, 11) is 0. The van der Waals surface area contributed by atoms with E-state index in [0.717, 1.165) is 10.4 Å². The molecule has 0 aliphatic rings. The van der Waals surface area contributed by atoms with Crippen molar-refractivity contribution in [2.75, 3.05) is 13.1 Å². The maximum Gasteiger partial charge on any atom is 0.259 e. The average Bonchev–Trinajstić information content (AvgIpc) is 2.93. The smallest absolute Gasteiger partial charge is 0.259 e. The number of carbonyl (C=O) groups is 1. The number of aromatic nitrogens is 2. The first-order valence-electron chi connectivity index (χ1n) is 8.52. The quantitative estimate of drug-likeness (QED) is 0.725. The minimum Gasteiger partial charge on any atom is -0.340 e. The summed E-state index contributed by atoms with van der Waals surface area (Å²) >= 11 is 2.87. The largest absolute Gasteiger partial charge is 0.340 e. The van der Waals surface area contributed by atoms with Gasteiger partial charge >= 0.3 is 0 Å². The number of thiophene rings is 1. The van der Waals surface area contributed by atoms with Crippen molar-refractivity contribution in [1.29, 1.82) is 10.5 Å². The Balaban J connectivity index is 2.07. The van der Waals surface area contributed by atoms with Gasteiger partial charge in [-0.1, -0.05) is 0 Å². The lowest BCUT2D eigenvalue weighted by Crippen LogP contribution is -2.38. The van der Waals surface area contributed by atoms with E-state index in [1.165, 1.54) is 23.1 Å². The Kier molecular flexibility index (Phi) is 7.40. The first kappa shape index (κ1) is 20.9. The number of aromatic amines is 1. The molecule has 0 saturated carbocycles. The molecule has 1 amide bonds. The van der Waals surface area contributed by atoms with Crippen LogP contribution in [0, 0.1) is 36.5 Å². The number of aryl methyl sites for hydroxylation is 2. The number of thioether (sulfide) groups is 1. The molecule has 0 fully saturated rings. The lowest BCUT2D eigenvalue weighted by molar-refractivity contribution is -0.130. The van der Waals surface area contributed by atoms with E-state index in [2.05, 4.69) is 9.97 Å². The Bertz CT molecular complexity index is 949. The minimum absolute atomic E-state index is 0.114. The summed E-state index contributed by atoms with van der Waals surface area (Å²) in [6, 6.07) is 4.05. The van der Waals surface area contributed by atoms with E-state index in [9.17, 15) is 9.59 Å². The lowest BCUT2D eigenvalue weighted by Gasteiger charge is -2.23. The van der Waals surface area contributed by atoms with E-state index >= 15 is 0 Å². The molecule has 2 aromatic rings. The van der Waals surface area contributed by atoms with Crippen LogP contribution in [0.15, 0.2) is 4.79 Å². The molecule has 0 aliphatic heterocycles. The zero-order chi connectivity index (χ0) is 20.0. The molecule has 7 nitrogen and oxygen atoms in total. The van der Waals surface area contributed by atoms with Gasteiger partial charge < -0.3 is 9.88 Å². The topological polar surface area (TPSA) is 114 Å². The Morgan fingerprint density at radius 3 is 2.52 bits per heavy atom. The van der Waals surface area contributed by atoms with Crippen molar-refractivity contribution in [3.05, 3.63) is 26.6 Å². The van der Waals surface area contributed by atoms with Gasteiger partial charge in [-0.25, -0.2) is 4.98 Å². The molecule has 1 atom stereocenters. The monoisotopic (exact) mass is 403 g/mol. The second kappa shape index (κ2) is 9.54. The summed E-state index contributed by atoms with van der Waals surface area (Å²) in [5.74, 6) is 0.828. The number of nitrogens with one attached hydrogen (secondary N) is 1. The zero-order valence-corrected chi connectivity index (χ0v) is 17.2. The van der Waals surface area contributed by atoms with Gasteiger partial charge in [-0.15, -0.1) is 23.1 Å². The van der Waals surface area contributed by atoms with Crippen molar-refractivity contribution >= 4 is 39.2 Å². The molecule has 1 N–H and O–H groups in total. The number of hydrogen-bond acceptors (Lipinski definition) is 7. The number of H-pyrrole nitrogens is 1. The number of hydrogen-bond donors (Lipinski definition) is 1. The van der Waals surface area contributed by atoms with Crippen molar-refractivity contribution < 1.29 is 4.79 Å². The SMILES string of the molecule is Cc1sc2nc(CSC(C)C(=O)N(CCC#N)CCC#N)[nH]c(=O)c2c1C. The van der Waals surface area contributed by atoms with Gasteiger partial charge in [-0.2, -0.15) is 10.5 Å². The van der Waals surface area contributed by atoms with Gasteiger partial charge in [0.15, 0.2) is 0 Å². The minimum atomic E-state index is -0.366. The van der Waals surface area contributed by atoms with Gasteiger partial charge in [-0.05, 0) is 26.3 Å². The van der Waals surface area contributed by atoms with Gasteiger partial charge in [-0.3, -0.25) is 9.59 Å². The van der Waals surface area contributed by atoms with E-state index in [-0.39, 0.29) is 29.6 Å². The molecule has 0 radical (unpaired) electrons. The fourth-order valence-corrected chi connectivity index (χ4v) is 4.49. The van der Waals surface area contributed by atoms with Gasteiger partial charge in [0.1, 0.15) is 10.7 Å². The lowest BCUT2D eigenvalue weighted by atomic mass is 10.2. The molecule has 0 aliphatic carbocycles. The summed E-state index contributed by atoms with van der Waals surface area (Å²) in [6.07, 6.45) is 0.467. The van der Waals surface area contributed by atoms with Gasteiger partial charge in [0.2, 0.25) is 5.91 Å². The van der Waals surface area contributed by atoms with Crippen LogP contribution in [0.5, 0.6) is 0 Å². The molecule has 0 bridgehead atoms. The summed E-state index contributed by atoms with van der Waals surface area (Å²) < 4.78 is 0. The summed E-state index contributed by atoms with van der Waals surface area (Å²) in [5, 5.41) is 17.8. The fraction of sp³-hybridized carbons (Fsp3) is 0.500. The Labute approximate surface area is 166 Å². The first-order valence-corrected chi connectivity index (χ1v) is 10.4. The number of amides is 1. The number of carbonyl (C=O) groups excluding carboxylic acids is 1. The van der Waals surface area contributed by atoms with Crippen molar-refractivity contribution in [1.82, 2.24) is 14.9 Å². The maximum atomic E-state index is 12.6. The molecule has 0 spiro atoms. The number of nitrogens with zero attached hydrogens (tertiary/aromatic N) is 4. The third-order valence-corrected chi connectivity index (χ3v) is 6.45. The van der Waals surface area contributed by atoms with Crippen molar-refractivity contribution in [3.8, 4) is 12.1 Å². The predicted molar refractivity (Wildman–Crippen MR) is 108 cm³/mol. The number of nitriles is 2. The Hall–Kier alpha value is -2.36. The third-order valence-electron chi connectivity index (χ3n) is 4.20. The van der Waals surface area contributed by atoms with E-state index in [1.807, 2.05) is 26.0 Å². The van der Waals surface area contributed by atoms with E-state index in [1.54, 1.807) is 11.8 Å². The molecule has 2 rings (SSSR count). The molecule has 2 aromatic heterocycles. The van der Waals surface area contributed by atoms with Crippen LogP contribution in [-0.2, 0) is 10.5 Å². The molecule has 2 heterocycles. The fourth-order valence-electron chi connectivity index (χ4n) is 2.60. The van der Waals surface area contributed by atoms with Crippen LogP contribution in [0.3, 0.4) is 0 Å². The highest BCUT2D eigenvalue weighted by atomic mass is 32.2. The second-order valence-corrected chi connectivity index (χ2v) is 8.60. The summed E-state index contributed by atoms with van der Waals surface area (Å²) in [4.78, 5) is 35.6. The van der Waals surface area contributed by atoms with Gasteiger partial charge in [0, 0.05) is 18.0 Å². The Morgan fingerprint density at radius 1 is 1.30 bits per heavy atom. The highest BCUT2D eigenvalue weighted by Gasteiger charge is 2.21. The van der Waals surface area contributed by atoms with Crippen LogP contribution < -0.4 is 5.56 Å². The number of fused-ring (bicyclic) bond motifs is 1. The first-order chi connectivity index (χ1) is 12.9. The summed E-state index contributed by atoms with van der Waals surface area (Å²) in [5.41, 5.74) is 0.804. The van der Waals surface area contributed by atoms with Crippen LogP contribution >= 0.6 is 23.1 Å². The normalized spacial score (nSPS) is 11.7. The van der Waals surface area contributed by atoms with Crippen LogP contribution in [-0.4, -0.2) is 39.1 Å². The van der Waals surface area contributed by atoms with Crippen molar-refractivity contribution in [2.45, 2.75) is 44.6 Å². The predicted octanol–water partition coefficient (Wildman–Crippen LogP) is 2.88. The van der Waals surface area contributed by atoms with E-state index in [0.29, 0.717) is 34.9 Å². The molecule has 9 heteroatoms. The van der Waals surface area contributed by atoms with Crippen molar-refractivity contribution in [2.24, 2.45) is 0 Å². The van der Waals surface area contributed by atoms with Crippen LogP contribution in [0.1, 0.15) is 36.0 Å². The van der Waals surface area contributed by atoms with Gasteiger partial charge in [0.05, 0.1) is 41.4 Å². The second-order valence-electron chi connectivity index (χ2n) is 6.07. The number of rotatable bonds is 8. The van der Waals surface area contributed by atoms with E-state index in [4.69, 9.17) is 10.5 Å². The van der Waals surface area contributed by atoms with Crippen LogP contribution in [0.4, 0.5) is 0 Å². The van der Waals surface area contributed by atoms with E-state index < -0.39 is 0 Å². The molecular formula is C18H21N5O2S2. The summed E-state index contributed by atoms with van der Waals surface area (Å²) in [6.45, 7) is 6.30. The highest BCUT2D eigenvalue weighted by molar-refractivity contribution is 7.99. The highest BCUT2D eigenvalue weighted by Crippen LogP contribution is 2.26. The zero-order valence-electron chi connectivity index (χ0n) is 15.5. The standard InChI is InChI=1S/C18H21N5O2S2/c1-11-12(2)27-17-15(11)16(24)21-14(22-17)10-26-13(3)18(25)23(8-4-6-19)9-5-7-20/h13H,4-5,8-10H2,1-3H3,(H,21,22,24).